The smallest absolute Gasteiger partial charge is 0.137 e. The molecule has 0 aliphatic carbocycles. The Hall–Kier alpha value is -2.40. The normalized spacial score (nSPS) is 12.7. The zero-order chi connectivity index (χ0) is 12.5. The molecule has 1 atom stereocenters. The standard InChI is InChI=1S/C13H12N4O/c14-10-4-5-15-7-9(10)13(18)11-8-17-6-2-1-3-12(17)16-11/h1-8,13,18H,(H2,14,15). The van der Waals surface area contributed by atoms with Crippen molar-refractivity contribution in [2.24, 2.45) is 0 Å². The van der Waals surface area contributed by atoms with Crippen molar-refractivity contribution in [3.8, 4) is 0 Å². The van der Waals surface area contributed by atoms with Gasteiger partial charge in [-0.15, -0.1) is 0 Å². The van der Waals surface area contributed by atoms with E-state index in [9.17, 15) is 5.11 Å². The first-order valence-electron chi connectivity index (χ1n) is 5.57. The van der Waals surface area contributed by atoms with Gasteiger partial charge in [-0.25, -0.2) is 4.98 Å². The lowest BCUT2D eigenvalue weighted by atomic mass is 10.1. The maximum Gasteiger partial charge on any atom is 0.137 e. The molecule has 3 rings (SSSR count). The summed E-state index contributed by atoms with van der Waals surface area (Å²) in [6, 6.07) is 7.34. The minimum Gasteiger partial charge on any atom is -0.398 e. The lowest BCUT2D eigenvalue weighted by Gasteiger charge is -2.09. The van der Waals surface area contributed by atoms with Gasteiger partial charge in [0.15, 0.2) is 0 Å². The summed E-state index contributed by atoms with van der Waals surface area (Å²) >= 11 is 0. The third kappa shape index (κ3) is 1.70. The van der Waals surface area contributed by atoms with E-state index in [1.165, 1.54) is 0 Å². The summed E-state index contributed by atoms with van der Waals surface area (Å²) in [5, 5.41) is 10.3. The molecule has 0 aliphatic heterocycles. The molecular formula is C13H12N4O. The first-order valence-corrected chi connectivity index (χ1v) is 5.57. The SMILES string of the molecule is Nc1ccncc1C(O)c1cn2ccccc2n1. The van der Waals surface area contributed by atoms with Gasteiger partial charge in [-0.05, 0) is 18.2 Å². The molecule has 0 aliphatic rings. The summed E-state index contributed by atoms with van der Waals surface area (Å²) in [6.45, 7) is 0. The van der Waals surface area contributed by atoms with E-state index in [0.29, 0.717) is 16.9 Å². The van der Waals surface area contributed by atoms with Gasteiger partial charge in [-0.3, -0.25) is 4.98 Å². The molecule has 0 saturated carbocycles. The Bertz CT molecular complexity index is 659. The van der Waals surface area contributed by atoms with Gasteiger partial charge < -0.3 is 15.2 Å². The van der Waals surface area contributed by atoms with Crippen LogP contribution >= 0.6 is 0 Å². The van der Waals surface area contributed by atoms with Crippen molar-refractivity contribution >= 4 is 11.3 Å². The maximum atomic E-state index is 10.3. The summed E-state index contributed by atoms with van der Waals surface area (Å²) in [5.74, 6) is 0. The zero-order valence-electron chi connectivity index (χ0n) is 9.56. The van der Waals surface area contributed by atoms with Crippen molar-refractivity contribution in [2.45, 2.75) is 6.10 Å². The van der Waals surface area contributed by atoms with Gasteiger partial charge in [0.25, 0.3) is 0 Å². The monoisotopic (exact) mass is 240 g/mol. The molecule has 0 radical (unpaired) electrons. The molecule has 3 heterocycles. The molecule has 0 saturated heterocycles. The maximum absolute atomic E-state index is 10.3. The summed E-state index contributed by atoms with van der Waals surface area (Å²) < 4.78 is 1.85. The highest BCUT2D eigenvalue weighted by Crippen LogP contribution is 2.25. The van der Waals surface area contributed by atoms with E-state index in [1.807, 2.05) is 28.8 Å². The van der Waals surface area contributed by atoms with Crippen LogP contribution in [0.4, 0.5) is 5.69 Å². The molecule has 18 heavy (non-hydrogen) atoms. The summed E-state index contributed by atoms with van der Waals surface area (Å²) in [5.41, 5.74) is 8.24. The van der Waals surface area contributed by atoms with E-state index in [0.717, 1.165) is 5.65 Å². The van der Waals surface area contributed by atoms with Crippen LogP contribution in [-0.2, 0) is 0 Å². The second-order valence-electron chi connectivity index (χ2n) is 4.04. The molecule has 90 valence electrons. The minimum atomic E-state index is -0.862. The number of nitrogens with two attached hydrogens (primary N) is 1. The lowest BCUT2D eigenvalue weighted by Crippen LogP contribution is -2.04. The fraction of sp³-hybridized carbons (Fsp3) is 0.0769. The van der Waals surface area contributed by atoms with Gasteiger partial charge in [0.05, 0.1) is 5.69 Å². The predicted molar refractivity (Wildman–Crippen MR) is 67.9 cm³/mol. The van der Waals surface area contributed by atoms with E-state index in [4.69, 9.17) is 5.73 Å². The van der Waals surface area contributed by atoms with Crippen LogP contribution < -0.4 is 5.73 Å². The largest absolute Gasteiger partial charge is 0.398 e. The van der Waals surface area contributed by atoms with Crippen molar-refractivity contribution in [1.82, 2.24) is 14.4 Å². The van der Waals surface area contributed by atoms with Crippen LogP contribution in [0.2, 0.25) is 0 Å². The lowest BCUT2D eigenvalue weighted by molar-refractivity contribution is 0.216. The zero-order valence-corrected chi connectivity index (χ0v) is 9.56. The van der Waals surface area contributed by atoms with Crippen molar-refractivity contribution in [3.63, 3.8) is 0 Å². The highest BCUT2D eigenvalue weighted by atomic mass is 16.3. The number of aromatic nitrogens is 3. The average Bonchev–Trinajstić information content (AvgIpc) is 2.82. The van der Waals surface area contributed by atoms with Crippen LogP contribution in [0.3, 0.4) is 0 Å². The Labute approximate surface area is 104 Å². The molecule has 0 aromatic carbocycles. The van der Waals surface area contributed by atoms with E-state index >= 15 is 0 Å². The van der Waals surface area contributed by atoms with Gasteiger partial charge in [0.1, 0.15) is 11.8 Å². The number of aliphatic hydroxyl groups excluding tert-OH is 1. The molecule has 0 amide bonds. The Morgan fingerprint density at radius 3 is 2.94 bits per heavy atom. The summed E-state index contributed by atoms with van der Waals surface area (Å²) in [4.78, 5) is 8.33. The fourth-order valence-electron chi connectivity index (χ4n) is 1.89. The third-order valence-electron chi connectivity index (χ3n) is 2.84. The first-order chi connectivity index (χ1) is 8.75. The van der Waals surface area contributed by atoms with Crippen LogP contribution in [0.1, 0.15) is 17.4 Å². The topological polar surface area (TPSA) is 76.4 Å². The number of hydrogen-bond acceptors (Lipinski definition) is 4. The van der Waals surface area contributed by atoms with Gasteiger partial charge in [-0.2, -0.15) is 0 Å². The second-order valence-corrected chi connectivity index (χ2v) is 4.04. The van der Waals surface area contributed by atoms with Gasteiger partial charge in [0, 0.05) is 36.0 Å². The molecule has 0 fully saturated rings. The number of hydrogen-bond donors (Lipinski definition) is 2. The molecule has 1 unspecified atom stereocenters. The molecule has 3 aromatic rings. The van der Waals surface area contributed by atoms with E-state index in [1.54, 1.807) is 24.7 Å². The van der Waals surface area contributed by atoms with Crippen molar-refractivity contribution in [2.75, 3.05) is 5.73 Å². The predicted octanol–water partition coefficient (Wildman–Crippen LogP) is 1.39. The number of pyridine rings is 2. The Morgan fingerprint density at radius 2 is 2.17 bits per heavy atom. The fourth-order valence-corrected chi connectivity index (χ4v) is 1.89. The highest BCUT2D eigenvalue weighted by Gasteiger charge is 2.16. The highest BCUT2D eigenvalue weighted by molar-refractivity contribution is 5.49. The number of nitrogens with zero attached hydrogens (tertiary/aromatic N) is 3. The number of anilines is 1. The average molecular weight is 240 g/mol. The van der Waals surface area contributed by atoms with Crippen LogP contribution in [0.15, 0.2) is 49.1 Å². The van der Waals surface area contributed by atoms with E-state index in [-0.39, 0.29) is 0 Å². The van der Waals surface area contributed by atoms with Crippen LogP contribution in [0.5, 0.6) is 0 Å². The molecule has 3 aromatic heterocycles. The summed E-state index contributed by atoms with van der Waals surface area (Å²) in [7, 11) is 0. The van der Waals surface area contributed by atoms with Crippen LogP contribution in [0, 0.1) is 0 Å². The number of imidazole rings is 1. The quantitative estimate of drug-likeness (QED) is 0.709. The second kappa shape index (κ2) is 4.12. The number of fused-ring (bicyclic) bond motifs is 1. The number of nitrogen functional groups attached to an aromatic ring is 1. The number of rotatable bonds is 2. The Balaban J connectivity index is 2.07. The molecule has 5 heteroatoms. The van der Waals surface area contributed by atoms with Crippen molar-refractivity contribution in [3.05, 3.63) is 60.3 Å². The Morgan fingerprint density at radius 1 is 1.28 bits per heavy atom. The molecule has 3 N–H and O–H groups in total. The van der Waals surface area contributed by atoms with Crippen LogP contribution in [-0.4, -0.2) is 19.5 Å². The summed E-state index contributed by atoms with van der Waals surface area (Å²) in [6.07, 6.45) is 5.95. The molecular weight excluding hydrogens is 228 g/mol. The first kappa shape index (κ1) is 10.7. The van der Waals surface area contributed by atoms with E-state index < -0.39 is 6.10 Å². The van der Waals surface area contributed by atoms with Gasteiger partial charge in [0.2, 0.25) is 0 Å². The van der Waals surface area contributed by atoms with Crippen molar-refractivity contribution < 1.29 is 5.11 Å². The van der Waals surface area contributed by atoms with Gasteiger partial charge in [-0.1, -0.05) is 6.07 Å². The van der Waals surface area contributed by atoms with E-state index in [2.05, 4.69) is 9.97 Å². The molecule has 5 nitrogen and oxygen atoms in total. The molecule has 0 bridgehead atoms. The number of aliphatic hydroxyl groups is 1. The third-order valence-corrected chi connectivity index (χ3v) is 2.84. The Kier molecular flexibility index (Phi) is 2.46. The molecule has 0 spiro atoms. The van der Waals surface area contributed by atoms with Gasteiger partial charge >= 0.3 is 0 Å². The van der Waals surface area contributed by atoms with Crippen LogP contribution in [0.25, 0.3) is 5.65 Å². The minimum absolute atomic E-state index is 0.509. The van der Waals surface area contributed by atoms with Crippen molar-refractivity contribution in [1.29, 1.82) is 0 Å².